The Bertz CT molecular complexity index is 752. The van der Waals surface area contributed by atoms with E-state index in [2.05, 4.69) is 4.74 Å². The van der Waals surface area contributed by atoms with Gasteiger partial charge in [-0.15, -0.1) is 0 Å². The van der Waals surface area contributed by atoms with Crippen molar-refractivity contribution in [2.24, 2.45) is 11.3 Å². The number of allylic oxidation sites excluding steroid dienone is 2. The van der Waals surface area contributed by atoms with Crippen molar-refractivity contribution in [2.75, 3.05) is 14.2 Å². The van der Waals surface area contributed by atoms with Gasteiger partial charge in [0.05, 0.1) is 19.3 Å². The molecule has 0 N–H and O–H groups in total. The molecule has 0 heterocycles. The van der Waals surface area contributed by atoms with Gasteiger partial charge in [0.25, 0.3) is 0 Å². The summed E-state index contributed by atoms with van der Waals surface area (Å²) in [6, 6.07) is 0. The van der Waals surface area contributed by atoms with Gasteiger partial charge in [-0.1, -0.05) is 25.5 Å². The fourth-order valence-corrected chi connectivity index (χ4v) is 3.90. The molecule has 0 amide bonds. The van der Waals surface area contributed by atoms with E-state index in [1.165, 1.54) is 0 Å². The smallest absolute Gasteiger partial charge is 0.317 e. The van der Waals surface area contributed by atoms with Gasteiger partial charge in [0.15, 0.2) is 23.3 Å². The maximum absolute atomic E-state index is 14.8. The molecule has 3 nitrogen and oxygen atoms in total. The molecule has 1 aliphatic rings. The summed E-state index contributed by atoms with van der Waals surface area (Å²) in [5.74, 6) is -7.95. The van der Waals surface area contributed by atoms with Gasteiger partial charge in [0, 0.05) is 18.6 Å². The van der Waals surface area contributed by atoms with Crippen LogP contribution in [-0.4, -0.2) is 20.2 Å². The number of benzene rings is 1. The maximum atomic E-state index is 14.8. The zero-order chi connectivity index (χ0) is 20.0. The van der Waals surface area contributed by atoms with E-state index < -0.39 is 63.7 Å². The molecule has 0 aliphatic heterocycles. The summed E-state index contributed by atoms with van der Waals surface area (Å²) in [5, 5.41) is 0. The first kappa shape index (κ1) is 20.4. The van der Waals surface area contributed by atoms with E-state index >= 15 is 0 Å². The maximum Gasteiger partial charge on any atom is 0.317 e. The number of carbonyl (C=O) groups is 1. The molecule has 0 bridgehead atoms. The summed E-state index contributed by atoms with van der Waals surface area (Å²) >= 11 is 0. The van der Waals surface area contributed by atoms with Gasteiger partial charge in [-0.25, -0.2) is 17.6 Å². The SMILES string of the molecule is COCc1c(F)c(F)c(C2(C(=O)OC)C(C=C(C)C)C2(C)C)c(F)c1F. The van der Waals surface area contributed by atoms with Gasteiger partial charge in [0.1, 0.15) is 5.41 Å². The van der Waals surface area contributed by atoms with Crippen molar-refractivity contribution in [3.63, 3.8) is 0 Å². The lowest BCUT2D eigenvalue weighted by Gasteiger charge is -2.21. The van der Waals surface area contributed by atoms with Crippen LogP contribution in [-0.2, 0) is 26.3 Å². The highest BCUT2D eigenvalue weighted by Gasteiger charge is 2.78. The molecule has 1 aliphatic carbocycles. The van der Waals surface area contributed by atoms with Crippen molar-refractivity contribution >= 4 is 5.97 Å². The molecule has 1 fully saturated rings. The summed E-state index contributed by atoms with van der Waals surface area (Å²) in [4.78, 5) is 12.6. The second-order valence-corrected chi connectivity index (χ2v) is 7.29. The Morgan fingerprint density at radius 1 is 1.04 bits per heavy atom. The van der Waals surface area contributed by atoms with E-state index in [1.54, 1.807) is 33.8 Å². The van der Waals surface area contributed by atoms with Gasteiger partial charge in [0.2, 0.25) is 0 Å². The molecular formula is C19H22F4O3. The largest absolute Gasteiger partial charge is 0.468 e. The Kier molecular flexibility index (Phi) is 5.25. The molecule has 2 rings (SSSR count). The van der Waals surface area contributed by atoms with Crippen LogP contribution in [0.5, 0.6) is 0 Å². The molecular weight excluding hydrogens is 352 g/mol. The van der Waals surface area contributed by atoms with Crippen LogP contribution in [0.4, 0.5) is 17.6 Å². The molecule has 144 valence electrons. The van der Waals surface area contributed by atoms with Gasteiger partial charge in [-0.2, -0.15) is 0 Å². The van der Waals surface area contributed by atoms with E-state index in [-0.39, 0.29) is 0 Å². The number of methoxy groups -OCH3 is 2. The summed E-state index contributed by atoms with van der Waals surface area (Å²) in [6.07, 6.45) is 1.66. The molecule has 1 aromatic carbocycles. The quantitative estimate of drug-likeness (QED) is 0.331. The summed E-state index contributed by atoms with van der Waals surface area (Å²) in [7, 11) is 2.22. The summed E-state index contributed by atoms with van der Waals surface area (Å²) in [5.41, 5.74) is -3.86. The highest BCUT2D eigenvalue weighted by atomic mass is 19.2. The lowest BCUT2D eigenvalue weighted by atomic mass is 9.85. The number of halogens is 4. The van der Waals surface area contributed by atoms with Gasteiger partial charge in [-0.05, 0) is 19.3 Å². The van der Waals surface area contributed by atoms with Crippen LogP contribution in [0.25, 0.3) is 0 Å². The van der Waals surface area contributed by atoms with Gasteiger partial charge in [-0.3, -0.25) is 4.79 Å². The fourth-order valence-electron chi connectivity index (χ4n) is 3.90. The fraction of sp³-hybridized carbons (Fsp3) is 0.526. The van der Waals surface area contributed by atoms with E-state index in [4.69, 9.17) is 4.74 Å². The number of ether oxygens (including phenoxy) is 2. The number of hydrogen-bond donors (Lipinski definition) is 0. The van der Waals surface area contributed by atoms with Crippen LogP contribution in [0.1, 0.15) is 38.8 Å². The monoisotopic (exact) mass is 374 g/mol. The highest BCUT2D eigenvalue weighted by Crippen LogP contribution is 2.71. The molecule has 0 aromatic heterocycles. The lowest BCUT2D eigenvalue weighted by molar-refractivity contribution is -0.145. The molecule has 1 aromatic rings. The molecule has 0 spiro atoms. The van der Waals surface area contributed by atoms with Crippen LogP contribution in [0.15, 0.2) is 11.6 Å². The van der Waals surface area contributed by atoms with E-state index in [0.29, 0.717) is 0 Å². The predicted molar refractivity (Wildman–Crippen MR) is 87.4 cm³/mol. The van der Waals surface area contributed by atoms with Crippen molar-refractivity contribution in [3.05, 3.63) is 46.0 Å². The van der Waals surface area contributed by atoms with E-state index in [1.807, 2.05) is 0 Å². The molecule has 2 unspecified atom stereocenters. The highest BCUT2D eigenvalue weighted by molar-refractivity contribution is 5.90. The van der Waals surface area contributed by atoms with E-state index in [0.717, 1.165) is 19.8 Å². The summed E-state index contributed by atoms with van der Waals surface area (Å²) < 4.78 is 67.9. The van der Waals surface area contributed by atoms with Crippen molar-refractivity contribution in [1.29, 1.82) is 0 Å². The van der Waals surface area contributed by atoms with Crippen molar-refractivity contribution < 1.29 is 31.8 Å². The third-order valence-electron chi connectivity index (χ3n) is 5.22. The molecule has 2 atom stereocenters. The first-order valence-corrected chi connectivity index (χ1v) is 8.07. The minimum absolute atomic E-state index is 0.641. The molecule has 26 heavy (non-hydrogen) atoms. The molecule has 1 saturated carbocycles. The molecule has 7 heteroatoms. The van der Waals surface area contributed by atoms with Crippen LogP contribution in [0, 0.1) is 34.6 Å². The Labute approximate surface area is 150 Å². The number of esters is 1. The standard InChI is InChI=1S/C19H22F4O3/c1-9(2)7-11-18(3,4)19(11,17(24)26-6)12-15(22)13(20)10(8-25-5)14(21)16(12)23/h7,11H,8H2,1-6H3. The van der Waals surface area contributed by atoms with E-state index in [9.17, 15) is 22.4 Å². The summed E-state index contributed by atoms with van der Waals surface area (Å²) in [6.45, 7) is 6.08. The number of carbonyl (C=O) groups excluding carboxylic acids is 1. The Morgan fingerprint density at radius 2 is 1.54 bits per heavy atom. The molecule has 0 radical (unpaired) electrons. The zero-order valence-electron chi connectivity index (χ0n) is 15.6. The lowest BCUT2D eigenvalue weighted by Crippen LogP contribution is -2.32. The van der Waals surface area contributed by atoms with Crippen molar-refractivity contribution in [3.8, 4) is 0 Å². The second-order valence-electron chi connectivity index (χ2n) is 7.29. The number of rotatable bonds is 5. The van der Waals surface area contributed by atoms with Crippen molar-refractivity contribution in [2.45, 2.75) is 39.7 Å². The van der Waals surface area contributed by atoms with Crippen LogP contribution in [0.2, 0.25) is 0 Å². The minimum atomic E-state index is -1.86. The topological polar surface area (TPSA) is 35.5 Å². The Morgan fingerprint density at radius 3 is 1.92 bits per heavy atom. The average molecular weight is 374 g/mol. The Hall–Kier alpha value is -1.89. The first-order chi connectivity index (χ1) is 12.0. The van der Waals surface area contributed by atoms with Gasteiger partial charge < -0.3 is 9.47 Å². The van der Waals surface area contributed by atoms with Gasteiger partial charge >= 0.3 is 5.97 Å². The van der Waals surface area contributed by atoms with Crippen molar-refractivity contribution in [1.82, 2.24) is 0 Å². The second kappa shape index (κ2) is 6.68. The zero-order valence-corrected chi connectivity index (χ0v) is 15.6. The third kappa shape index (κ3) is 2.55. The molecule has 0 saturated heterocycles. The minimum Gasteiger partial charge on any atom is -0.468 e. The normalized spacial score (nSPS) is 23.5. The predicted octanol–water partition coefficient (Wildman–Crippen LogP) is 4.42. The van der Waals surface area contributed by atoms with Crippen LogP contribution in [0.3, 0.4) is 0 Å². The Balaban J connectivity index is 2.86. The van der Waals surface area contributed by atoms with Crippen LogP contribution < -0.4 is 0 Å². The third-order valence-corrected chi connectivity index (χ3v) is 5.22. The first-order valence-electron chi connectivity index (χ1n) is 8.07. The number of hydrogen-bond acceptors (Lipinski definition) is 3. The van der Waals surface area contributed by atoms with Crippen LogP contribution >= 0.6 is 0 Å². The average Bonchev–Trinajstić information content (AvgIpc) is 3.04.